The van der Waals surface area contributed by atoms with Crippen molar-refractivity contribution in [1.82, 2.24) is 9.55 Å². The lowest BCUT2D eigenvalue weighted by atomic mass is 10.1. The zero-order valence-corrected chi connectivity index (χ0v) is 19.8. The molecule has 4 aromatic rings. The molecule has 0 atom stereocenters. The van der Waals surface area contributed by atoms with Crippen LogP contribution in [-0.4, -0.2) is 34.3 Å². The number of anilines is 1. The minimum atomic E-state index is -0.538. The average Bonchev–Trinajstić information content (AvgIpc) is 2.83. The zero-order chi connectivity index (χ0) is 24.2. The fourth-order valence-electron chi connectivity index (χ4n) is 3.67. The van der Waals surface area contributed by atoms with Gasteiger partial charge < -0.3 is 10.1 Å². The number of ether oxygens (including phenoxy) is 1. The van der Waals surface area contributed by atoms with E-state index in [9.17, 15) is 14.4 Å². The molecule has 7 nitrogen and oxygen atoms in total. The highest BCUT2D eigenvalue weighted by Crippen LogP contribution is 2.24. The Morgan fingerprint density at radius 1 is 1.03 bits per heavy atom. The van der Waals surface area contributed by atoms with Crippen molar-refractivity contribution in [2.75, 3.05) is 18.2 Å². The first-order valence-electron chi connectivity index (χ1n) is 10.6. The molecule has 0 aliphatic heterocycles. The Bertz CT molecular complexity index is 1460. The summed E-state index contributed by atoms with van der Waals surface area (Å²) in [4.78, 5) is 42.9. The number of para-hydroxylation sites is 2. The highest BCUT2D eigenvalue weighted by Gasteiger charge is 2.18. The molecule has 1 aromatic heterocycles. The number of aromatic nitrogens is 2. The first kappa shape index (κ1) is 23.3. The molecule has 0 aliphatic carbocycles. The van der Waals surface area contributed by atoms with E-state index in [0.717, 1.165) is 22.9 Å². The number of esters is 1. The molecule has 4 rings (SSSR count). The maximum Gasteiger partial charge on any atom is 0.339 e. The second-order valence-corrected chi connectivity index (χ2v) is 8.66. The van der Waals surface area contributed by atoms with E-state index in [1.54, 1.807) is 47.0 Å². The van der Waals surface area contributed by atoms with Gasteiger partial charge in [0.25, 0.3) is 5.56 Å². The van der Waals surface area contributed by atoms with Gasteiger partial charge in [-0.15, -0.1) is 0 Å². The predicted octanol–water partition coefficient (Wildman–Crippen LogP) is 4.52. The number of nitrogens with one attached hydrogen (secondary N) is 1. The van der Waals surface area contributed by atoms with Gasteiger partial charge in [-0.3, -0.25) is 14.2 Å². The molecule has 0 radical (unpaired) electrons. The number of carbonyl (C=O) groups is 2. The number of nitrogens with zero attached hydrogens (tertiary/aromatic N) is 2. The van der Waals surface area contributed by atoms with Crippen molar-refractivity contribution in [3.8, 4) is 5.69 Å². The lowest BCUT2D eigenvalue weighted by molar-refractivity contribution is -0.113. The van der Waals surface area contributed by atoms with Crippen molar-refractivity contribution in [2.24, 2.45) is 0 Å². The van der Waals surface area contributed by atoms with Crippen LogP contribution in [0.4, 0.5) is 5.69 Å². The maximum absolute atomic E-state index is 13.4. The van der Waals surface area contributed by atoms with Gasteiger partial charge in [0.15, 0.2) is 5.16 Å². The molecule has 34 heavy (non-hydrogen) atoms. The third-order valence-electron chi connectivity index (χ3n) is 5.28. The highest BCUT2D eigenvalue weighted by molar-refractivity contribution is 7.99. The van der Waals surface area contributed by atoms with E-state index in [1.165, 1.54) is 7.11 Å². The Morgan fingerprint density at radius 3 is 2.53 bits per heavy atom. The van der Waals surface area contributed by atoms with E-state index in [4.69, 9.17) is 4.74 Å². The Kier molecular flexibility index (Phi) is 6.79. The highest BCUT2D eigenvalue weighted by atomic mass is 32.2. The van der Waals surface area contributed by atoms with Crippen molar-refractivity contribution < 1.29 is 14.3 Å². The molecule has 0 saturated carbocycles. The topological polar surface area (TPSA) is 90.3 Å². The zero-order valence-electron chi connectivity index (χ0n) is 19.0. The number of rotatable bonds is 6. The van der Waals surface area contributed by atoms with Crippen LogP contribution in [0.25, 0.3) is 16.6 Å². The number of hydrogen-bond acceptors (Lipinski definition) is 6. The standard InChI is InChI=1S/C26H23N3O4S/c1-16-12-13-22(17(2)14-16)29-24(31)18-8-4-6-10-20(18)28-26(29)34-15-23(30)27-21-11-7-5-9-19(21)25(32)33-3/h4-14H,15H2,1-3H3,(H,27,30). The second-order valence-electron chi connectivity index (χ2n) is 7.72. The molecule has 0 unspecified atom stereocenters. The van der Waals surface area contributed by atoms with E-state index in [2.05, 4.69) is 10.3 Å². The normalized spacial score (nSPS) is 10.8. The molecule has 1 amide bonds. The Labute approximate surface area is 200 Å². The lowest BCUT2D eigenvalue weighted by Gasteiger charge is -2.16. The number of fused-ring (bicyclic) bond motifs is 1. The largest absolute Gasteiger partial charge is 0.465 e. The van der Waals surface area contributed by atoms with E-state index in [0.29, 0.717) is 27.4 Å². The first-order valence-corrected chi connectivity index (χ1v) is 11.6. The van der Waals surface area contributed by atoms with Gasteiger partial charge in [0, 0.05) is 0 Å². The van der Waals surface area contributed by atoms with Crippen LogP contribution in [0.5, 0.6) is 0 Å². The van der Waals surface area contributed by atoms with E-state index in [1.807, 2.05) is 38.1 Å². The van der Waals surface area contributed by atoms with Crippen LogP contribution in [-0.2, 0) is 9.53 Å². The van der Waals surface area contributed by atoms with Gasteiger partial charge in [-0.25, -0.2) is 9.78 Å². The van der Waals surface area contributed by atoms with Crippen molar-refractivity contribution in [3.05, 3.63) is 93.8 Å². The predicted molar refractivity (Wildman–Crippen MR) is 134 cm³/mol. The fraction of sp³-hybridized carbons (Fsp3) is 0.154. The Morgan fingerprint density at radius 2 is 1.76 bits per heavy atom. The number of aryl methyl sites for hydroxylation is 2. The monoisotopic (exact) mass is 473 g/mol. The first-order chi connectivity index (χ1) is 16.4. The van der Waals surface area contributed by atoms with Crippen LogP contribution in [0.15, 0.2) is 76.7 Å². The van der Waals surface area contributed by atoms with Crippen LogP contribution in [0.2, 0.25) is 0 Å². The molecular formula is C26H23N3O4S. The summed E-state index contributed by atoms with van der Waals surface area (Å²) < 4.78 is 6.34. The van der Waals surface area contributed by atoms with Gasteiger partial charge in [0.05, 0.1) is 40.7 Å². The third kappa shape index (κ3) is 4.72. The molecule has 1 N–H and O–H groups in total. The van der Waals surface area contributed by atoms with E-state index in [-0.39, 0.29) is 22.8 Å². The molecule has 0 aliphatic rings. The summed E-state index contributed by atoms with van der Waals surface area (Å²) in [5.74, 6) is -0.884. The molecule has 0 fully saturated rings. The van der Waals surface area contributed by atoms with Crippen LogP contribution >= 0.6 is 11.8 Å². The van der Waals surface area contributed by atoms with Crippen LogP contribution in [0.3, 0.4) is 0 Å². The molecule has 0 saturated heterocycles. The maximum atomic E-state index is 13.4. The fourth-order valence-corrected chi connectivity index (χ4v) is 4.48. The summed E-state index contributed by atoms with van der Waals surface area (Å²) in [7, 11) is 1.29. The SMILES string of the molecule is COC(=O)c1ccccc1NC(=O)CSc1nc2ccccc2c(=O)n1-c1ccc(C)cc1C. The summed E-state index contributed by atoms with van der Waals surface area (Å²) in [5, 5.41) is 3.66. The number of benzene rings is 3. The molecule has 3 aromatic carbocycles. The van der Waals surface area contributed by atoms with Crippen LogP contribution in [0, 0.1) is 13.8 Å². The number of carbonyl (C=O) groups excluding carboxylic acids is 2. The molecule has 172 valence electrons. The van der Waals surface area contributed by atoms with Gasteiger partial charge in [-0.2, -0.15) is 0 Å². The summed E-state index contributed by atoms with van der Waals surface area (Å²) in [5.41, 5.74) is 3.72. The van der Waals surface area contributed by atoms with Crippen molar-refractivity contribution in [1.29, 1.82) is 0 Å². The minimum Gasteiger partial charge on any atom is -0.465 e. The third-order valence-corrected chi connectivity index (χ3v) is 6.22. The summed E-state index contributed by atoms with van der Waals surface area (Å²) >= 11 is 1.15. The van der Waals surface area contributed by atoms with Gasteiger partial charge in [0.1, 0.15) is 0 Å². The Balaban J connectivity index is 1.68. The molecule has 8 heteroatoms. The molecular weight excluding hydrogens is 450 g/mol. The number of thioether (sulfide) groups is 1. The quantitative estimate of drug-likeness (QED) is 0.252. The van der Waals surface area contributed by atoms with E-state index < -0.39 is 5.97 Å². The molecule has 0 spiro atoms. The van der Waals surface area contributed by atoms with Gasteiger partial charge in [-0.1, -0.05) is 53.7 Å². The van der Waals surface area contributed by atoms with Crippen molar-refractivity contribution in [3.63, 3.8) is 0 Å². The van der Waals surface area contributed by atoms with Crippen LogP contribution < -0.4 is 10.9 Å². The van der Waals surface area contributed by atoms with Gasteiger partial charge >= 0.3 is 5.97 Å². The molecule has 0 bridgehead atoms. The second kappa shape index (κ2) is 9.93. The lowest BCUT2D eigenvalue weighted by Crippen LogP contribution is -2.23. The summed E-state index contributed by atoms with van der Waals surface area (Å²) in [6, 6.07) is 19.6. The number of amides is 1. The van der Waals surface area contributed by atoms with Gasteiger partial charge in [0.2, 0.25) is 5.91 Å². The molecule has 1 heterocycles. The van der Waals surface area contributed by atoms with Crippen LogP contribution in [0.1, 0.15) is 21.5 Å². The average molecular weight is 474 g/mol. The van der Waals surface area contributed by atoms with Crippen molar-refractivity contribution >= 4 is 40.2 Å². The Hall–Kier alpha value is -3.91. The van der Waals surface area contributed by atoms with E-state index >= 15 is 0 Å². The number of hydrogen-bond donors (Lipinski definition) is 1. The smallest absolute Gasteiger partial charge is 0.339 e. The summed E-state index contributed by atoms with van der Waals surface area (Å²) in [6.45, 7) is 3.93. The van der Waals surface area contributed by atoms with Crippen molar-refractivity contribution in [2.45, 2.75) is 19.0 Å². The number of methoxy groups -OCH3 is 1. The summed E-state index contributed by atoms with van der Waals surface area (Å²) in [6.07, 6.45) is 0. The van der Waals surface area contributed by atoms with Gasteiger partial charge in [-0.05, 0) is 49.7 Å². The minimum absolute atomic E-state index is 0.00873.